The van der Waals surface area contributed by atoms with Crippen LogP contribution in [0, 0.1) is 54.8 Å². The van der Waals surface area contributed by atoms with Gasteiger partial charge in [-0.05, 0) is 216 Å². The predicted octanol–water partition coefficient (Wildman–Crippen LogP) is 18.3. The molecule has 7 aliphatic rings. The number of piperidine rings is 3. The SMILES string of the molecule is C1CCOC1.CC(C#N)(CC=O)c1ccccc1.CCOC(=O)CC(C)(C#N)c1ccccc1.Cc1nc2ccccc2n1C1CC2CCC(C1)N2.Cc1nc2ccccc2n1C1CC2CCC(C1)N2CCC(C)(C#N)c1ccccc1.Cc1nc2ccccc2n1C1CC2CCC(C1)N2CCC(C)(CN)c1ccccc1. The van der Waals surface area contributed by atoms with Crippen molar-refractivity contribution in [1.29, 1.82) is 15.8 Å². The lowest BCUT2D eigenvalue weighted by atomic mass is 9.79. The summed E-state index contributed by atoms with van der Waals surface area (Å²) < 4.78 is 17.3. The average molecular weight is 1510 g/mol. The van der Waals surface area contributed by atoms with E-state index in [9.17, 15) is 20.1 Å². The maximum Gasteiger partial charge on any atom is 0.307 e. The second-order valence-electron chi connectivity index (χ2n) is 33.0. The Labute approximate surface area is 664 Å². The van der Waals surface area contributed by atoms with E-state index in [0.717, 1.165) is 102 Å². The van der Waals surface area contributed by atoms with Gasteiger partial charge in [0.2, 0.25) is 0 Å². The molecule has 10 heterocycles. The zero-order valence-corrected chi connectivity index (χ0v) is 67.3. The maximum atomic E-state index is 11.4. The van der Waals surface area contributed by atoms with Gasteiger partial charge in [-0.2, -0.15) is 15.8 Å². The van der Waals surface area contributed by atoms with Crippen molar-refractivity contribution in [2.45, 2.75) is 247 Å². The molecule has 0 amide bonds. The lowest BCUT2D eigenvalue weighted by Gasteiger charge is -2.41. The summed E-state index contributed by atoms with van der Waals surface area (Å²) in [6, 6.07) is 78.2. The topological polar surface area (TPSA) is 222 Å². The number of imidazole rings is 3. The number of hydrogen-bond acceptors (Lipinski definition) is 14. The summed E-state index contributed by atoms with van der Waals surface area (Å²) in [6.07, 6.45) is 21.0. The Morgan fingerprint density at radius 3 is 1.19 bits per heavy atom. The molecule has 7 saturated heterocycles. The molecule has 0 aliphatic carbocycles. The number of para-hydroxylation sites is 6. The average Bonchev–Trinajstić information content (AvgIpc) is 1.64. The molecule has 7 fully saturated rings. The number of aldehydes is 1. The van der Waals surface area contributed by atoms with E-state index >= 15 is 0 Å². The van der Waals surface area contributed by atoms with E-state index < -0.39 is 16.2 Å². The zero-order valence-electron chi connectivity index (χ0n) is 67.3. The fourth-order valence-corrected chi connectivity index (χ4v) is 19.0. The largest absolute Gasteiger partial charge is 0.466 e. The van der Waals surface area contributed by atoms with Gasteiger partial charge in [-0.1, -0.05) is 165 Å². The molecule has 0 spiro atoms. The molecule has 0 saturated carbocycles. The molecule has 10 atom stereocenters. The van der Waals surface area contributed by atoms with E-state index in [1.54, 1.807) is 20.8 Å². The Bertz CT molecular complexity index is 4780. The molecule has 112 heavy (non-hydrogen) atoms. The van der Waals surface area contributed by atoms with Gasteiger partial charge in [0.1, 0.15) is 23.8 Å². The zero-order chi connectivity index (χ0) is 78.8. The Hall–Kier alpha value is -9.64. The first-order valence-electron chi connectivity index (χ1n) is 41.2. The Morgan fingerprint density at radius 2 is 0.830 bits per heavy atom. The van der Waals surface area contributed by atoms with Crippen LogP contribution in [0.3, 0.4) is 0 Å². The summed E-state index contributed by atoms with van der Waals surface area (Å²) in [5.74, 6) is 3.13. The van der Waals surface area contributed by atoms with E-state index in [-0.39, 0.29) is 24.2 Å². The van der Waals surface area contributed by atoms with Crippen molar-refractivity contribution >= 4 is 45.4 Å². The van der Waals surface area contributed by atoms with Gasteiger partial charge in [-0.25, -0.2) is 15.0 Å². The number of nitrogens with two attached hydrogens (primary N) is 1. The number of aromatic nitrogens is 6. The van der Waals surface area contributed by atoms with Gasteiger partial charge in [0.15, 0.2) is 0 Å². The van der Waals surface area contributed by atoms with Gasteiger partial charge in [-0.3, -0.25) is 14.6 Å². The highest BCUT2D eigenvalue weighted by atomic mass is 16.5. The van der Waals surface area contributed by atoms with E-state index in [4.69, 9.17) is 35.4 Å². The third-order valence-electron chi connectivity index (χ3n) is 25.4. The number of hydrogen-bond donors (Lipinski definition) is 2. The van der Waals surface area contributed by atoms with Crippen LogP contribution < -0.4 is 11.1 Å². The summed E-state index contributed by atoms with van der Waals surface area (Å²) in [5.41, 5.74) is 15.9. The molecule has 17 heteroatoms. The van der Waals surface area contributed by atoms with Crippen molar-refractivity contribution in [3.63, 3.8) is 0 Å². The first kappa shape index (κ1) is 81.8. The Kier molecular flexibility index (Phi) is 27.6. The molecule has 17 nitrogen and oxygen atoms in total. The highest BCUT2D eigenvalue weighted by molar-refractivity contribution is 5.78. The fraction of sp³-hybridized carbons (Fsp3) is 0.474. The molecule has 7 aromatic carbocycles. The smallest absolute Gasteiger partial charge is 0.307 e. The van der Waals surface area contributed by atoms with Crippen LogP contribution in [0.5, 0.6) is 0 Å². The Morgan fingerprint density at radius 1 is 0.482 bits per heavy atom. The van der Waals surface area contributed by atoms with Crippen LogP contribution in [0.15, 0.2) is 194 Å². The number of ether oxygens (including phenoxy) is 2. The third-order valence-corrected chi connectivity index (χ3v) is 25.4. The standard InChI is InChI=1S/C26H34N4.C26H30N4.C15H19N3.C13H15NO2.C11H11NO.C4H8O/c2*1-19-28-24-10-6-7-11-25(24)30(19)23-16-21-12-13-22(17-23)29(21)15-14-26(2,18-27)20-8-4-3-5-9-20;1-10-16-14-4-2-3-5-15(14)18(10)13-8-11-6-7-12(9-13)17-11;1-3-16-12(15)9-13(2,10-14)11-7-5-4-6-8-11;1-11(9-12,7-8-13)10-5-3-2-4-6-10;1-2-4-5-3-1/h3-11,21-23H,12-18,27H2,1-2H3;3-11,21-23H,12-17H2,1-2H3;2-5,11-13,17H,6-9H2,1H3;4-8H,3,9H2,1-2H3;2-6,8H,7H2,1H3;1-4H2. The summed E-state index contributed by atoms with van der Waals surface area (Å²) >= 11 is 0. The molecule has 10 unspecified atom stereocenters. The van der Waals surface area contributed by atoms with E-state index in [1.807, 2.05) is 78.9 Å². The molecule has 3 N–H and O–H groups in total. The Balaban J connectivity index is 0.000000132. The van der Waals surface area contributed by atoms with Crippen LogP contribution in [-0.4, -0.2) is 126 Å². The highest BCUT2D eigenvalue weighted by Crippen LogP contribution is 2.46. The molecule has 3 aromatic heterocycles. The molecule has 0 radical (unpaired) electrons. The lowest BCUT2D eigenvalue weighted by Crippen LogP contribution is -2.46. The van der Waals surface area contributed by atoms with Gasteiger partial charge >= 0.3 is 5.97 Å². The number of carbonyl (C=O) groups excluding carboxylic acids is 2. The minimum atomic E-state index is -0.812. The second-order valence-corrected chi connectivity index (χ2v) is 33.0. The minimum Gasteiger partial charge on any atom is -0.466 e. The monoisotopic (exact) mass is 1500 g/mol. The summed E-state index contributed by atoms with van der Waals surface area (Å²) in [5, 5.41) is 31.8. The first-order chi connectivity index (χ1) is 54.3. The summed E-state index contributed by atoms with van der Waals surface area (Å²) in [4.78, 5) is 41.7. The van der Waals surface area contributed by atoms with Crippen molar-refractivity contribution in [2.75, 3.05) is 39.5 Å². The second kappa shape index (κ2) is 37.8. The van der Waals surface area contributed by atoms with Crippen molar-refractivity contribution in [3.05, 3.63) is 234 Å². The third kappa shape index (κ3) is 19.2. The van der Waals surface area contributed by atoms with Crippen LogP contribution in [0.25, 0.3) is 33.1 Å². The van der Waals surface area contributed by atoms with Crippen LogP contribution in [-0.2, 0) is 40.7 Å². The van der Waals surface area contributed by atoms with Crippen molar-refractivity contribution < 1.29 is 19.1 Å². The van der Waals surface area contributed by atoms with Crippen LogP contribution in [0.2, 0.25) is 0 Å². The minimum absolute atomic E-state index is 0.0503. The van der Waals surface area contributed by atoms with Crippen molar-refractivity contribution in [2.24, 2.45) is 5.73 Å². The number of benzene rings is 7. The van der Waals surface area contributed by atoms with Crippen LogP contribution >= 0.6 is 0 Å². The quantitative estimate of drug-likeness (QED) is 0.0568. The van der Waals surface area contributed by atoms with E-state index in [0.29, 0.717) is 55.4 Å². The predicted molar refractivity (Wildman–Crippen MR) is 447 cm³/mol. The van der Waals surface area contributed by atoms with Gasteiger partial charge in [-0.15, -0.1) is 0 Å². The molecule has 586 valence electrons. The fourth-order valence-electron chi connectivity index (χ4n) is 19.0. The number of carbonyl (C=O) groups is 2. The number of fused-ring (bicyclic) bond motifs is 9. The van der Waals surface area contributed by atoms with Crippen molar-refractivity contribution in [3.8, 4) is 18.2 Å². The number of esters is 1. The molecule has 17 rings (SSSR count). The molecular formula is C95H117N13O4. The number of rotatable bonds is 19. The number of nitrogens with zero attached hydrogens (tertiary/aromatic N) is 11. The number of aryl methyl sites for hydroxylation is 3. The van der Waals surface area contributed by atoms with Crippen LogP contribution in [0.4, 0.5) is 0 Å². The lowest BCUT2D eigenvalue weighted by molar-refractivity contribution is -0.144. The van der Waals surface area contributed by atoms with Gasteiger partial charge < -0.3 is 39.0 Å². The molecule has 10 aromatic rings. The van der Waals surface area contributed by atoms with Crippen molar-refractivity contribution in [1.82, 2.24) is 43.8 Å². The first-order valence-corrected chi connectivity index (χ1v) is 41.2. The number of nitrogens with one attached hydrogen (secondary N) is 1. The molecule has 6 bridgehead atoms. The van der Waals surface area contributed by atoms with E-state index in [2.05, 4.69) is 197 Å². The van der Waals surface area contributed by atoms with Gasteiger partial charge in [0.25, 0.3) is 0 Å². The summed E-state index contributed by atoms with van der Waals surface area (Å²) in [6.45, 7) is 21.4. The summed E-state index contributed by atoms with van der Waals surface area (Å²) in [7, 11) is 0. The number of nitriles is 3. The molecular weight excluding hydrogens is 1390 g/mol. The highest BCUT2D eigenvalue weighted by Gasteiger charge is 2.45. The maximum absolute atomic E-state index is 11.4. The van der Waals surface area contributed by atoms with Crippen LogP contribution in [0.1, 0.15) is 208 Å². The molecule has 7 aliphatic heterocycles. The normalized spacial score (nSPS) is 23.6. The van der Waals surface area contributed by atoms with Gasteiger partial charge in [0, 0.05) is 92.5 Å². The van der Waals surface area contributed by atoms with E-state index in [1.165, 1.54) is 118 Å². The van der Waals surface area contributed by atoms with Gasteiger partial charge in [0.05, 0.1) is 80.6 Å².